The van der Waals surface area contributed by atoms with Crippen molar-refractivity contribution in [1.29, 1.82) is 0 Å². The molecule has 0 atom stereocenters. The lowest BCUT2D eigenvalue weighted by Crippen LogP contribution is -2.17. The third-order valence-electron chi connectivity index (χ3n) is 1.32. The van der Waals surface area contributed by atoms with Crippen LogP contribution in [0.2, 0.25) is 6.32 Å². The molecule has 0 unspecified atom stereocenters. The van der Waals surface area contributed by atoms with Gasteiger partial charge in [0.05, 0.1) is 0 Å². The van der Waals surface area contributed by atoms with E-state index in [1.54, 1.807) is 0 Å². The fraction of sp³-hybridized carbons (Fsp3) is 1.00. The van der Waals surface area contributed by atoms with Crippen molar-refractivity contribution in [2.45, 2.75) is 39.4 Å². The Kier molecular flexibility index (Phi) is 7.09. The third-order valence-corrected chi connectivity index (χ3v) is 1.32. The van der Waals surface area contributed by atoms with Crippen LogP contribution in [0, 0.1) is 0 Å². The molecule has 0 amide bonds. The monoisotopic (exact) mass is 144 g/mol. The van der Waals surface area contributed by atoms with Crippen LogP contribution in [-0.4, -0.2) is 18.7 Å². The minimum atomic E-state index is -0.528. The van der Waals surface area contributed by atoms with Crippen LogP contribution >= 0.6 is 0 Å². The van der Waals surface area contributed by atoms with Crippen molar-refractivity contribution in [3.63, 3.8) is 0 Å². The fourth-order valence-corrected chi connectivity index (χ4v) is 0.716. The second kappa shape index (κ2) is 7.10. The highest BCUT2D eigenvalue weighted by molar-refractivity contribution is 6.42. The molecule has 3 heteroatoms. The predicted octanol–water partition coefficient (Wildman–Crippen LogP) is 1.69. The van der Waals surface area contributed by atoms with Crippen molar-refractivity contribution in [1.82, 2.24) is 0 Å². The highest BCUT2D eigenvalue weighted by Crippen LogP contribution is 1.99. The second-order valence-corrected chi connectivity index (χ2v) is 2.47. The van der Waals surface area contributed by atoms with E-state index in [1.165, 1.54) is 0 Å². The molecule has 2 nitrogen and oxygen atoms in total. The van der Waals surface area contributed by atoms with Crippen LogP contribution in [0.1, 0.15) is 33.1 Å². The molecule has 0 spiro atoms. The molecule has 0 aromatic heterocycles. The topological polar surface area (TPSA) is 29.5 Å². The average molecular weight is 144 g/mol. The largest absolute Gasteiger partial charge is 0.454 e. The summed E-state index contributed by atoms with van der Waals surface area (Å²) in [7, 11) is -0.528. The first-order valence-electron chi connectivity index (χ1n) is 4.11. The van der Waals surface area contributed by atoms with Gasteiger partial charge in [-0.2, -0.15) is 0 Å². The number of hydrogen-bond acceptors (Lipinski definition) is 2. The molecule has 0 rings (SSSR count). The van der Waals surface area contributed by atoms with E-state index in [1.807, 2.05) is 6.92 Å². The molecule has 0 radical (unpaired) electrons. The summed E-state index contributed by atoms with van der Waals surface area (Å²) in [5.74, 6) is 0. The molecule has 1 N–H and O–H groups in total. The SMILES string of the molecule is CCCCB(O)OCCC. The Balaban J connectivity index is 3.00. The summed E-state index contributed by atoms with van der Waals surface area (Å²) in [5.41, 5.74) is 0. The van der Waals surface area contributed by atoms with Gasteiger partial charge in [-0.05, 0) is 12.7 Å². The van der Waals surface area contributed by atoms with Crippen molar-refractivity contribution in [2.75, 3.05) is 6.61 Å². The number of rotatable bonds is 6. The summed E-state index contributed by atoms with van der Waals surface area (Å²) < 4.78 is 5.05. The zero-order chi connectivity index (χ0) is 7.82. The van der Waals surface area contributed by atoms with E-state index in [0.29, 0.717) is 6.61 Å². The normalized spacial score (nSPS) is 9.90. The van der Waals surface area contributed by atoms with E-state index < -0.39 is 7.12 Å². The molecule has 0 aliphatic carbocycles. The summed E-state index contributed by atoms with van der Waals surface area (Å²) >= 11 is 0. The molecular weight excluding hydrogens is 127 g/mol. The van der Waals surface area contributed by atoms with Gasteiger partial charge in [-0.25, -0.2) is 0 Å². The summed E-state index contributed by atoms with van der Waals surface area (Å²) in [6.45, 7) is 4.81. The molecule has 0 bridgehead atoms. The lowest BCUT2D eigenvalue weighted by atomic mass is 9.83. The maximum atomic E-state index is 9.09. The first-order valence-corrected chi connectivity index (χ1v) is 4.11. The molecule has 0 saturated heterocycles. The van der Waals surface area contributed by atoms with Crippen molar-refractivity contribution in [2.24, 2.45) is 0 Å². The van der Waals surface area contributed by atoms with Gasteiger partial charge in [0, 0.05) is 6.61 Å². The highest BCUT2D eigenvalue weighted by Gasteiger charge is 2.09. The minimum Gasteiger partial charge on any atom is -0.427 e. The Morgan fingerprint density at radius 1 is 1.30 bits per heavy atom. The standard InChI is InChI=1S/C7H17BO2/c1-3-5-6-8(9)10-7-4-2/h9H,3-7H2,1-2H3. The van der Waals surface area contributed by atoms with Crippen LogP contribution in [-0.2, 0) is 4.65 Å². The van der Waals surface area contributed by atoms with Crippen molar-refractivity contribution in [3.8, 4) is 0 Å². The Morgan fingerprint density at radius 3 is 2.50 bits per heavy atom. The van der Waals surface area contributed by atoms with Gasteiger partial charge in [0.15, 0.2) is 0 Å². The van der Waals surface area contributed by atoms with Crippen molar-refractivity contribution in [3.05, 3.63) is 0 Å². The smallest absolute Gasteiger partial charge is 0.427 e. The van der Waals surface area contributed by atoms with E-state index in [4.69, 9.17) is 9.68 Å². The summed E-state index contributed by atoms with van der Waals surface area (Å²) in [4.78, 5) is 0. The van der Waals surface area contributed by atoms with Crippen molar-refractivity contribution < 1.29 is 9.68 Å². The van der Waals surface area contributed by atoms with E-state index in [0.717, 1.165) is 25.6 Å². The summed E-state index contributed by atoms with van der Waals surface area (Å²) in [5, 5.41) is 9.09. The first kappa shape index (κ1) is 9.98. The molecule has 0 aromatic rings. The quantitative estimate of drug-likeness (QED) is 0.574. The van der Waals surface area contributed by atoms with Gasteiger partial charge in [0.25, 0.3) is 0 Å². The molecule has 0 aliphatic heterocycles. The zero-order valence-electron chi connectivity index (χ0n) is 6.97. The summed E-state index contributed by atoms with van der Waals surface area (Å²) in [6.07, 6.45) is 3.91. The Morgan fingerprint density at radius 2 is 2.00 bits per heavy atom. The molecule has 0 saturated carbocycles. The van der Waals surface area contributed by atoms with Crippen LogP contribution < -0.4 is 0 Å². The van der Waals surface area contributed by atoms with Gasteiger partial charge in [-0.1, -0.05) is 26.7 Å². The van der Waals surface area contributed by atoms with Gasteiger partial charge >= 0.3 is 7.12 Å². The molecular formula is C7H17BO2. The first-order chi connectivity index (χ1) is 4.81. The minimum absolute atomic E-state index is 0.528. The lowest BCUT2D eigenvalue weighted by molar-refractivity contribution is 0.258. The second-order valence-electron chi connectivity index (χ2n) is 2.47. The molecule has 60 valence electrons. The van der Waals surface area contributed by atoms with Gasteiger partial charge in [0.1, 0.15) is 0 Å². The van der Waals surface area contributed by atoms with E-state index in [2.05, 4.69) is 6.92 Å². The molecule has 10 heavy (non-hydrogen) atoms. The Hall–Kier alpha value is -0.0151. The van der Waals surface area contributed by atoms with Gasteiger partial charge in [-0.3, -0.25) is 0 Å². The highest BCUT2D eigenvalue weighted by atomic mass is 16.5. The van der Waals surface area contributed by atoms with E-state index in [9.17, 15) is 0 Å². The number of hydrogen-bond donors (Lipinski definition) is 1. The maximum absolute atomic E-state index is 9.09. The number of unbranched alkanes of at least 4 members (excludes halogenated alkanes) is 1. The van der Waals surface area contributed by atoms with E-state index in [-0.39, 0.29) is 0 Å². The predicted molar refractivity (Wildman–Crippen MR) is 43.9 cm³/mol. The summed E-state index contributed by atoms with van der Waals surface area (Å²) in [6, 6.07) is 0. The van der Waals surface area contributed by atoms with Crippen LogP contribution in [0.4, 0.5) is 0 Å². The van der Waals surface area contributed by atoms with Gasteiger partial charge < -0.3 is 9.68 Å². The molecule has 0 fully saturated rings. The molecule has 0 aliphatic rings. The van der Waals surface area contributed by atoms with Crippen LogP contribution in [0.5, 0.6) is 0 Å². The third kappa shape index (κ3) is 6.11. The maximum Gasteiger partial charge on any atom is 0.454 e. The zero-order valence-corrected chi connectivity index (χ0v) is 6.97. The molecule has 0 heterocycles. The Bertz CT molecular complexity index is 60.6. The van der Waals surface area contributed by atoms with Crippen LogP contribution in [0.25, 0.3) is 0 Å². The Labute approximate surface area is 63.7 Å². The van der Waals surface area contributed by atoms with Crippen LogP contribution in [0.15, 0.2) is 0 Å². The van der Waals surface area contributed by atoms with Gasteiger partial charge in [-0.15, -0.1) is 0 Å². The lowest BCUT2D eigenvalue weighted by Gasteiger charge is -2.04. The van der Waals surface area contributed by atoms with Crippen LogP contribution in [0.3, 0.4) is 0 Å². The van der Waals surface area contributed by atoms with Crippen molar-refractivity contribution >= 4 is 7.12 Å². The van der Waals surface area contributed by atoms with E-state index >= 15 is 0 Å². The fourth-order valence-electron chi connectivity index (χ4n) is 0.716. The van der Waals surface area contributed by atoms with Gasteiger partial charge in [0.2, 0.25) is 0 Å². The molecule has 0 aromatic carbocycles. The average Bonchev–Trinajstić information content (AvgIpc) is 1.97.